The number of hydrogen-bond donors (Lipinski definition) is 1. The first-order chi connectivity index (χ1) is 6.40. The first-order valence-electron chi connectivity index (χ1n) is 4.65. The lowest BCUT2D eigenvalue weighted by Gasteiger charge is -2.16. The van der Waals surface area contributed by atoms with E-state index in [9.17, 15) is 0 Å². The molecule has 1 aromatic heterocycles. The van der Waals surface area contributed by atoms with Gasteiger partial charge in [0.2, 0.25) is 0 Å². The van der Waals surface area contributed by atoms with Crippen LogP contribution in [0, 0.1) is 0 Å². The van der Waals surface area contributed by atoms with Crippen LogP contribution < -0.4 is 10.2 Å². The molecule has 2 heterocycles. The molecule has 70 valence electrons. The van der Waals surface area contributed by atoms with Crippen LogP contribution in [0.15, 0.2) is 12.4 Å². The largest absolute Gasteiger partial charge is 0.373 e. The van der Waals surface area contributed by atoms with E-state index in [1.165, 1.54) is 12.8 Å². The van der Waals surface area contributed by atoms with Crippen LogP contribution in [-0.4, -0.2) is 30.1 Å². The first-order valence-corrected chi connectivity index (χ1v) is 4.65. The van der Waals surface area contributed by atoms with Crippen molar-refractivity contribution in [1.82, 2.24) is 9.97 Å². The molecule has 0 amide bonds. The standard InChI is InChI=1S/C9H14N4/c1-10-8-6-9(12-7-11-8)13-4-2-3-5-13/h6-7H,2-5H2,1H3,(H,10,11,12). The maximum absolute atomic E-state index is 4.24. The second-order valence-corrected chi connectivity index (χ2v) is 3.21. The van der Waals surface area contributed by atoms with Crippen LogP contribution in [-0.2, 0) is 0 Å². The van der Waals surface area contributed by atoms with Crippen LogP contribution in [0.3, 0.4) is 0 Å². The number of anilines is 2. The van der Waals surface area contributed by atoms with Crippen molar-refractivity contribution in [2.75, 3.05) is 30.4 Å². The van der Waals surface area contributed by atoms with Gasteiger partial charge in [-0.1, -0.05) is 0 Å². The van der Waals surface area contributed by atoms with E-state index >= 15 is 0 Å². The minimum atomic E-state index is 0.886. The van der Waals surface area contributed by atoms with Gasteiger partial charge in [-0.15, -0.1) is 0 Å². The molecule has 1 aliphatic rings. The van der Waals surface area contributed by atoms with E-state index in [4.69, 9.17) is 0 Å². The van der Waals surface area contributed by atoms with E-state index in [2.05, 4.69) is 20.2 Å². The van der Waals surface area contributed by atoms with Crippen molar-refractivity contribution in [1.29, 1.82) is 0 Å². The Morgan fingerprint density at radius 2 is 2.08 bits per heavy atom. The lowest BCUT2D eigenvalue weighted by atomic mass is 10.4. The molecule has 1 aliphatic heterocycles. The van der Waals surface area contributed by atoms with E-state index in [-0.39, 0.29) is 0 Å². The minimum absolute atomic E-state index is 0.886. The maximum atomic E-state index is 4.24. The fourth-order valence-corrected chi connectivity index (χ4v) is 1.60. The van der Waals surface area contributed by atoms with Gasteiger partial charge in [-0.05, 0) is 12.8 Å². The van der Waals surface area contributed by atoms with Crippen molar-refractivity contribution in [3.63, 3.8) is 0 Å². The molecule has 1 aromatic rings. The number of aromatic nitrogens is 2. The van der Waals surface area contributed by atoms with Crippen LogP contribution in [0.5, 0.6) is 0 Å². The van der Waals surface area contributed by atoms with Crippen molar-refractivity contribution in [3.05, 3.63) is 12.4 Å². The van der Waals surface area contributed by atoms with Gasteiger partial charge in [-0.2, -0.15) is 0 Å². The Kier molecular flexibility index (Phi) is 2.29. The summed E-state index contributed by atoms with van der Waals surface area (Å²) in [4.78, 5) is 10.6. The molecule has 13 heavy (non-hydrogen) atoms. The number of hydrogen-bond acceptors (Lipinski definition) is 4. The van der Waals surface area contributed by atoms with E-state index in [0.717, 1.165) is 24.7 Å². The van der Waals surface area contributed by atoms with Crippen molar-refractivity contribution in [2.24, 2.45) is 0 Å². The molecule has 0 unspecified atom stereocenters. The average molecular weight is 178 g/mol. The summed E-state index contributed by atoms with van der Waals surface area (Å²) in [7, 11) is 1.87. The Labute approximate surface area is 78.0 Å². The Balaban J connectivity index is 2.18. The van der Waals surface area contributed by atoms with Crippen molar-refractivity contribution in [3.8, 4) is 0 Å². The summed E-state index contributed by atoms with van der Waals surface area (Å²) in [5.41, 5.74) is 0. The molecule has 0 radical (unpaired) electrons. The van der Waals surface area contributed by atoms with Gasteiger partial charge in [0, 0.05) is 26.2 Å². The molecule has 0 aromatic carbocycles. The average Bonchev–Trinajstić information content (AvgIpc) is 2.71. The molecule has 1 N–H and O–H groups in total. The third-order valence-electron chi connectivity index (χ3n) is 2.34. The highest BCUT2D eigenvalue weighted by Gasteiger charge is 2.13. The Morgan fingerprint density at radius 3 is 2.77 bits per heavy atom. The predicted molar refractivity (Wildman–Crippen MR) is 53.0 cm³/mol. The summed E-state index contributed by atoms with van der Waals surface area (Å²) in [6.07, 6.45) is 4.16. The van der Waals surface area contributed by atoms with Crippen molar-refractivity contribution >= 4 is 11.6 Å². The van der Waals surface area contributed by atoms with Crippen LogP contribution in [0.4, 0.5) is 11.6 Å². The number of rotatable bonds is 2. The lowest BCUT2D eigenvalue weighted by molar-refractivity contribution is 0.928. The normalized spacial score (nSPS) is 16.2. The zero-order valence-corrected chi connectivity index (χ0v) is 7.82. The van der Waals surface area contributed by atoms with Gasteiger partial charge >= 0.3 is 0 Å². The molecule has 2 rings (SSSR count). The molecule has 0 spiro atoms. The number of nitrogens with zero attached hydrogens (tertiary/aromatic N) is 3. The molecule has 0 atom stereocenters. The summed E-state index contributed by atoms with van der Waals surface area (Å²) >= 11 is 0. The van der Waals surface area contributed by atoms with Crippen LogP contribution in [0.1, 0.15) is 12.8 Å². The van der Waals surface area contributed by atoms with Gasteiger partial charge in [0.05, 0.1) is 0 Å². The number of nitrogens with one attached hydrogen (secondary N) is 1. The predicted octanol–water partition coefficient (Wildman–Crippen LogP) is 1.12. The van der Waals surface area contributed by atoms with Gasteiger partial charge in [-0.25, -0.2) is 9.97 Å². The van der Waals surface area contributed by atoms with Gasteiger partial charge in [0.1, 0.15) is 18.0 Å². The molecule has 0 bridgehead atoms. The molecule has 1 saturated heterocycles. The SMILES string of the molecule is CNc1cc(N2CCCC2)ncn1. The Bertz CT molecular complexity index is 281. The quantitative estimate of drug-likeness (QED) is 0.736. The Hall–Kier alpha value is -1.32. The van der Waals surface area contributed by atoms with Gasteiger partial charge in [0.25, 0.3) is 0 Å². The van der Waals surface area contributed by atoms with E-state index in [1.807, 2.05) is 13.1 Å². The van der Waals surface area contributed by atoms with Crippen molar-refractivity contribution in [2.45, 2.75) is 12.8 Å². The third-order valence-corrected chi connectivity index (χ3v) is 2.34. The third kappa shape index (κ3) is 1.71. The zero-order chi connectivity index (χ0) is 9.10. The van der Waals surface area contributed by atoms with Gasteiger partial charge in [0.15, 0.2) is 0 Å². The van der Waals surface area contributed by atoms with Crippen LogP contribution >= 0.6 is 0 Å². The zero-order valence-electron chi connectivity index (χ0n) is 7.82. The summed E-state index contributed by atoms with van der Waals surface area (Å²) < 4.78 is 0. The van der Waals surface area contributed by atoms with E-state index in [0.29, 0.717) is 0 Å². The van der Waals surface area contributed by atoms with Crippen LogP contribution in [0.2, 0.25) is 0 Å². The molecule has 1 fully saturated rings. The van der Waals surface area contributed by atoms with Crippen molar-refractivity contribution < 1.29 is 0 Å². The second kappa shape index (κ2) is 3.60. The topological polar surface area (TPSA) is 41.0 Å². The minimum Gasteiger partial charge on any atom is -0.373 e. The van der Waals surface area contributed by atoms with Gasteiger partial charge in [-0.3, -0.25) is 0 Å². The molecular formula is C9H14N4. The summed E-state index contributed by atoms with van der Waals surface area (Å²) in [6.45, 7) is 2.25. The highest BCUT2D eigenvalue weighted by atomic mass is 15.2. The second-order valence-electron chi connectivity index (χ2n) is 3.21. The highest BCUT2D eigenvalue weighted by Crippen LogP contribution is 2.18. The summed E-state index contributed by atoms with van der Waals surface area (Å²) in [6, 6.07) is 1.99. The Morgan fingerprint density at radius 1 is 1.31 bits per heavy atom. The van der Waals surface area contributed by atoms with E-state index < -0.39 is 0 Å². The molecule has 0 aliphatic carbocycles. The summed E-state index contributed by atoms with van der Waals surface area (Å²) in [5.74, 6) is 1.92. The molecule has 4 heteroatoms. The molecule has 0 saturated carbocycles. The highest BCUT2D eigenvalue weighted by molar-refractivity contribution is 5.48. The maximum Gasteiger partial charge on any atom is 0.134 e. The van der Waals surface area contributed by atoms with Gasteiger partial charge < -0.3 is 10.2 Å². The summed E-state index contributed by atoms with van der Waals surface area (Å²) in [5, 5.41) is 3.01. The first kappa shape index (κ1) is 8.29. The molecule has 4 nitrogen and oxygen atoms in total. The molecular weight excluding hydrogens is 164 g/mol. The lowest BCUT2D eigenvalue weighted by Crippen LogP contribution is -2.19. The van der Waals surface area contributed by atoms with Crippen LogP contribution in [0.25, 0.3) is 0 Å². The smallest absolute Gasteiger partial charge is 0.134 e. The fraction of sp³-hybridized carbons (Fsp3) is 0.556. The fourth-order valence-electron chi connectivity index (χ4n) is 1.60. The van der Waals surface area contributed by atoms with E-state index in [1.54, 1.807) is 6.33 Å². The monoisotopic (exact) mass is 178 g/mol.